The molecule has 0 radical (unpaired) electrons. The molecule has 0 aromatic heterocycles. The van der Waals surface area contributed by atoms with E-state index in [9.17, 15) is 12.8 Å². The zero-order valence-electron chi connectivity index (χ0n) is 11.3. The number of halogens is 1. The lowest BCUT2D eigenvalue weighted by Gasteiger charge is -2.15. The normalized spacial score (nSPS) is 13.2. The molecule has 3 nitrogen and oxygen atoms in total. The molecule has 106 valence electrons. The van der Waals surface area contributed by atoms with Gasteiger partial charge in [-0.25, -0.2) is 17.5 Å². The van der Waals surface area contributed by atoms with Gasteiger partial charge in [0.25, 0.3) is 0 Å². The van der Waals surface area contributed by atoms with E-state index < -0.39 is 16.1 Å². The summed E-state index contributed by atoms with van der Waals surface area (Å²) in [6.45, 7) is 3.42. The van der Waals surface area contributed by atoms with Crippen LogP contribution in [-0.4, -0.2) is 8.42 Å². The van der Waals surface area contributed by atoms with Crippen LogP contribution in [0.1, 0.15) is 24.1 Å². The van der Waals surface area contributed by atoms with E-state index in [0.29, 0.717) is 11.1 Å². The summed E-state index contributed by atoms with van der Waals surface area (Å²) in [6, 6.07) is 12.1. The van der Waals surface area contributed by atoms with Gasteiger partial charge in [-0.15, -0.1) is 0 Å². The molecule has 0 aliphatic heterocycles. The minimum Gasteiger partial charge on any atom is -0.207 e. The number of benzene rings is 2. The van der Waals surface area contributed by atoms with Crippen molar-refractivity contribution in [1.29, 1.82) is 0 Å². The van der Waals surface area contributed by atoms with E-state index in [1.807, 2.05) is 0 Å². The van der Waals surface area contributed by atoms with E-state index in [1.165, 1.54) is 12.1 Å². The largest absolute Gasteiger partial charge is 0.241 e. The van der Waals surface area contributed by atoms with Crippen molar-refractivity contribution in [3.63, 3.8) is 0 Å². The van der Waals surface area contributed by atoms with Crippen molar-refractivity contribution in [3.8, 4) is 0 Å². The molecule has 1 unspecified atom stereocenters. The number of sulfonamides is 1. The van der Waals surface area contributed by atoms with E-state index in [4.69, 9.17) is 0 Å². The third-order valence-corrected chi connectivity index (χ3v) is 4.76. The van der Waals surface area contributed by atoms with Crippen LogP contribution in [0.5, 0.6) is 0 Å². The number of hydrogen-bond donors (Lipinski definition) is 1. The standard InChI is InChI=1S/C15H16FNO2S/c1-11-6-3-4-9-15(11)20(18,19)17-12(2)13-7-5-8-14(16)10-13/h3-10,12,17H,1-2H3. The Balaban J connectivity index is 2.27. The van der Waals surface area contributed by atoms with Crippen molar-refractivity contribution in [1.82, 2.24) is 4.72 Å². The maximum Gasteiger partial charge on any atom is 0.241 e. The molecule has 0 saturated heterocycles. The lowest BCUT2D eigenvalue weighted by atomic mass is 10.1. The van der Waals surface area contributed by atoms with Crippen LogP contribution in [0.15, 0.2) is 53.4 Å². The molecule has 0 bridgehead atoms. The van der Waals surface area contributed by atoms with Crippen molar-refractivity contribution >= 4 is 10.0 Å². The highest BCUT2D eigenvalue weighted by Gasteiger charge is 2.20. The average Bonchev–Trinajstić information content (AvgIpc) is 2.38. The van der Waals surface area contributed by atoms with Gasteiger partial charge in [0.15, 0.2) is 0 Å². The van der Waals surface area contributed by atoms with E-state index in [-0.39, 0.29) is 10.7 Å². The summed E-state index contributed by atoms with van der Waals surface area (Å²) < 4.78 is 40.4. The minimum atomic E-state index is -3.62. The van der Waals surface area contributed by atoms with Crippen molar-refractivity contribution in [2.45, 2.75) is 24.8 Å². The molecular weight excluding hydrogens is 277 g/mol. The van der Waals surface area contributed by atoms with E-state index in [2.05, 4.69) is 4.72 Å². The molecule has 0 aliphatic carbocycles. The number of rotatable bonds is 4. The maximum atomic E-state index is 13.2. The second kappa shape index (κ2) is 5.73. The molecular formula is C15H16FNO2S. The number of nitrogens with one attached hydrogen (secondary N) is 1. The first-order valence-corrected chi connectivity index (χ1v) is 7.72. The summed E-state index contributed by atoms with van der Waals surface area (Å²) in [6.07, 6.45) is 0. The Morgan fingerprint density at radius 1 is 1.10 bits per heavy atom. The summed E-state index contributed by atoms with van der Waals surface area (Å²) in [5, 5.41) is 0. The van der Waals surface area contributed by atoms with E-state index in [1.54, 1.807) is 50.2 Å². The third-order valence-electron chi connectivity index (χ3n) is 3.06. The first kappa shape index (κ1) is 14.7. The first-order chi connectivity index (χ1) is 9.40. The van der Waals surface area contributed by atoms with Crippen molar-refractivity contribution in [2.75, 3.05) is 0 Å². The Morgan fingerprint density at radius 2 is 1.80 bits per heavy atom. The quantitative estimate of drug-likeness (QED) is 0.941. The van der Waals surface area contributed by atoms with Crippen LogP contribution in [0.4, 0.5) is 4.39 Å². The second-order valence-corrected chi connectivity index (χ2v) is 6.35. The Labute approximate surface area is 118 Å². The van der Waals surface area contributed by atoms with Gasteiger partial charge in [-0.1, -0.05) is 30.3 Å². The second-order valence-electron chi connectivity index (χ2n) is 4.66. The fraction of sp³-hybridized carbons (Fsp3) is 0.200. The molecule has 0 heterocycles. The van der Waals surface area contributed by atoms with Gasteiger partial charge in [0.05, 0.1) is 4.90 Å². The molecule has 5 heteroatoms. The molecule has 0 aliphatic rings. The molecule has 0 amide bonds. The molecule has 0 saturated carbocycles. The zero-order valence-corrected chi connectivity index (χ0v) is 12.1. The predicted octanol–water partition coefficient (Wildman–Crippen LogP) is 3.17. The Morgan fingerprint density at radius 3 is 2.45 bits per heavy atom. The fourth-order valence-corrected chi connectivity index (χ4v) is 3.48. The van der Waals surface area contributed by atoms with Crippen molar-refractivity contribution in [2.24, 2.45) is 0 Å². The van der Waals surface area contributed by atoms with Gasteiger partial charge >= 0.3 is 0 Å². The van der Waals surface area contributed by atoms with Crippen LogP contribution in [-0.2, 0) is 10.0 Å². The molecule has 0 fully saturated rings. The predicted molar refractivity (Wildman–Crippen MR) is 76.3 cm³/mol. The smallest absolute Gasteiger partial charge is 0.207 e. The van der Waals surface area contributed by atoms with Gasteiger partial charge in [0.2, 0.25) is 10.0 Å². The number of aryl methyl sites for hydroxylation is 1. The Kier molecular flexibility index (Phi) is 4.20. The van der Waals surface area contributed by atoms with Gasteiger partial charge < -0.3 is 0 Å². The van der Waals surface area contributed by atoms with E-state index in [0.717, 1.165) is 0 Å². The molecule has 2 aromatic rings. The molecule has 20 heavy (non-hydrogen) atoms. The van der Waals surface area contributed by atoms with Crippen molar-refractivity contribution < 1.29 is 12.8 Å². The Hall–Kier alpha value is -1.72. The van der Waals surface area contributed by atoms with Crippen LogP contribution in [0.2, 0.25) is 0 Å². The minimum absolute atomic E-state index is 0.239. The van der Waals surface area contributed by atoms with Gasteiger partial charge in [-0.3, -0.25) is 0 Å². The third kappa shape index (κ3) is 3.23. The Bertz CT molecular complexity index is 713. The lowest BCUT2D eigenvalue weighted by molar-refractivity contribution is 0.564. The van der Waals surface area contributed by atoms with Crippen LogP contribution in [0, 0.1) is 12.7 Å². The summed E-state index contributed by atoms with van der Waals surface area (Å²) in [4.78, 5) is 0.239. The highest BCUT2D eigenvalue weighted by Crippen LogP contribution is 2.19. The topological polar surface area (TPSA) is 46.2 Å². The average molecular weight is 293 g/mol. The molecule has 1 N–H and O–H groups in total. The summed E-state index contributed by atoms with van der Waals surface area (Å²) >= 11 is 0. The van der Waals surface area contributed by atoms with Crippen LogP contribution in [0.25, 0.3) is 0 Å². The zero-order chi connectivity index (χ0) is 14.8. The summed E-state index contributed by atoms with van der Waals surface area (Å²) in [5.41, 5.74) is 1.26. The highest BCUT2D eigenvalue weighted by atomic mass is 32.2. The molecule has 2 aromatic carbocycles. The van der Waals surface area contributed by atoms with Gasteiger partial charge in [-0.2, -0.15) is 0 Å². The molecule has 0 spiro atoms. The van der Waals surface area contributed by atoms with Gasteiger partial charge in [-0.05, 0) is 43.2 Å². The summed E-state index contributed by atoms with van der Waals surface area (Å²) in [5.74, 6) is -0.385. The SMILES string of the molecule is Cc1ccccc1S(=O)(=O)NC(C)c1cccc(F)c1. The van der Waals surface area contributed by atoms with Gasteiger partial charge in [0.1, 0.15) is 5.82 Å². The highest BCUT2D eigenvalue weighted by molar-refractivity contribution is 7.89. The van der Waals surface area contributed by atoms with E-state index >= 15 is 0 Å². The van der Waals surface area contributed by atoms with Crippen molar-refractivity contribution in [3.05, 3.63) is 65.5 Å². The molecule has 2 rings (SSSR count). The van der Waals surface area contributed by atoms with Crippen LogP contribution in [0.3, 0.4) is 0 Å². The molecule has 1 atom stereocenters. The first-order valence-electron chi connectivity index (χ1n) is 6.23. The van der Waals surface area contributed by atoms with Gasteiger partial charge in [0, 0.05) is 6.04 Å². The number of hydrogen-bond acceptors (Lipinski definition) is 2. The lowest BCUT2D eigenvalue weighted by Crippen LogP contribution is -2.27. The van der Waals surface area contributed by atoms with Crippen LogP contribution < -0.4 is 4.72 Å². The fourth-order valence-electron chi connectivity index (χ4n) is 2.00. The summed E-state index contributed by atoms with van der Waals surface area (Å²) in [7, 11) is -3.62. The maximum absolute atomic E-state index is 13.2. The van der Waals surface area contributed by atoms with Crippen LogP contribution >= 0.6 is 0 Å². The monoisotopic (exact) mass is 293 g/mol.